The van der Waals surface area contributed by atoms with Crippen molar-refractivity contribution >= 4 is 15.7 Å². The van der Waals surface area contributed by atoms with E-state index >= 15 is 0 Å². The summed E-state index contributed by atoms with van der Waals surface area (Å²) >= 11 is 0. The average Bonchev–Trinajstić information content (AvgIpc) is 2.45. The van der Waals surface area contributed by atoms with Crippen molar-refractivity contribution in [3.05, 3.63) is 23.8 Å². The minimum atomic E-state index is -3.09. The summed E-state index contributed by atoms with van der Waals surface area (Å²) in [5.41, 5.74) is 2.28. The highest BCUT2D eigenvalue weighted by Gasteiger charge is 2.25. The molecule has 0 radical (unpaired) electrons. The zero-order valence-corrected chi connectivity index (χ0v) is 14.0. The van der Waals surface area contributed by atoms with E-state index in [9.17, 15) is 8.42 Å². The minimum absolute atomic E-state index is 0.454. The number of hydrogen-bond donors (Lipinski definition) is 0. The fourth-order valence-corrected chi connectivity index (χ4v) is 3.40. The molecule has 6 heteroatoms. The molecule has 1 heterocycles. The van der Waals surface area contributed by atoms with E-state index in [2.05, 4.69) is 36.9 Å². The van der Waals surface area contributed by atoms with Crippen molar-refractivity contribution in [3.63, 3.8) is 0 Å². The van der Waals surface area contributed by atoms with Gasteiger partial charge in [-0.25, -0.2) is 8.42 Å². The topological polar surface area (TPSA) is 49.9 Å². The van der Waals surface area contributed by atoms with Crippen molar-refractivity contribution in [2.75, 3.05) is 44.4 Å². The lowest BCUT2D eigenvalue weighted by Crippen LogP contribution is -2.48. The molecule has 0 amide bonds. The smallest absolute Gasteiger partial charge is 0.211 e. The molecular weight excluding hydrogens is 288 g/mol. The van der Waals surface area contributed by atoms with Gasteiger partial charge in [0.2, 0.25) is 10.0 Å². The van der Waals surface area contributed by atoms with Crippen molar-refractivity contribution < 1.29 is 13.2 Å². The van der Waals surface area contributed by atoms with Gasteiger partial charge in [0.25, 0.3) is 0 Å². The van der Waals surface area contributed by atoms with Crippen LogP contribution in [0.15, 0.2) is 18.2 Å². The fourth-order valence-electron chi connectivity index (χ4n) is 2.58. The van der Waals surface area contributed by atoms with Gasteiger partial charge in [0.1, 0.15) is 5.75 Å². The number of anilines is 1. The summed E-state index contributed by atoms with van der Waals surface area (Å²) in [4.78, 5) is 2.19. The van der Waals surface area contributed by atoms with Crippen LogP contribution in [0.25, 0.3) is 0 Å². The third-order valence-electron chi connectivity index (χ3n) is 3.92. The molecule has 0 saturated carbocycles. The molecule has 1 aromatic carbocycles. The number of methoxy groups -OCH3 is 1. The Hall–Kier alpha value is -1.27. The van der Waals surface area contributed by atoms with Gasteiger partial charge >= 0.3 is 0 Å². The second-order valence-corrected chi connectivity index (χ2v) is 7.72. The van der Waals surface area contributed by atoms with Gasteiger partial charge in [-0.3, -0.25) is 0 Å². The SMILES string of the molecule is COc1cc(C(C)C)ccc1N1CCN(S(C)(=O)=O)CC1. The summed E-state index contributed by atoms with van der Waals surface area (Å²) in [6, 6.07) is 6.26. The van der Waals surface area contributed by atoms with Gasteiger partial charge in [-0.1, -0.05) is 19.9 Å². The molecule has 0 unspecified atom stereocenters. The van der Waals surface area contributed by atoms with Crippen LogP contribution in [-0.2, 0) is 10.0 Å². The van der Waals surface area contributed by atoms with Gasteiger partial charge in [0.15, 0.2) is 0 Å². The number of rotatable bonds is 4. The van der Waals surface area contributed by atoms with Gasteiger partial charge in [0.05, 0.1) is 19.1 Å². The lowest BCUT2D eigenvalue weighted by Gasteiger charge is -2.35. The Labute approximate surface area is 127 Å². The summed E-state index contributed by atoms with van der Waals surface area (Å²) in [7, 11) is -1.41. The zero-order valence-electron chi connectivity index (χ0n) is 13.2. The lowest BCUT2D eigenvalue weighted by atomic mass is 10.0. The molecule has 1 aliphatic heterocycles. The van der Waals surface area contributed by atoms with Crippen molar-refractivity contribution in [1.82, 2.24) is 4.31 Å². The minimum Gasteiger partial charge on any atom is -0.495 e. The highest BCUT2D eigenvalue weighted by atomic mass is 32.2. The predicted octanol–water partition coefficient (Wildman–Crippen LogP) is 1.90. The van der Waals surface area contributed by atoms with Gasteiger partial charge < -0.3 is 9.64 Å². The molecule has 0 aliphatic carbocycles. The van der Waals surface area contributed by atoms with Crippen LogP contribution < -0.4 is 9.64 Å². The first-order valence-electron chi connectivity index (χ1n) is 7.21. The lowest BCUT2D eigenvalue weighted by molar-refractivity contribution is 0.380. The van der Waals surface area contributed by atoms with Gasteiger partial charge in [-0.15, -0.1) is 0 Å². The maximum Gasteiger partial charge on any atom is 0.211 e. The summed E-state index contributed by atoms with van der Waals surface area (Å²) in [5.74, 6) is 1.31. The van der Waals surface area contributed by atoms with Gasteiger partial charge in [0, 0.05) is 26.2 Å². The molecule has 21 heavy (non-hydrogen) atoms. The van der Waals surface area contributed by atoms with Crippen LogP contribution in [0, 0.1) is 0 Å². The summed E-state index contributed by atoms with van der Waals surface area (Å²) in [5, 5.41) is 0. The molecule has 0 spiro atoms. The number of hydrogen-bond acceptors (Lipinski definition) is 4. The van der Waals surface area contributed by atoms with E-state index in [1.54, 1.807) is 7.11 Å². The zero-order chi connectivity index (χ0) is 15.6. The second-order valence-electron chi connectivity index (χ2n) is 5.74. The molecule has 0 bridgehead atoms. The molecule has 0 N–H and O–H groups in total. The van der Waals surface area contributed by atoms with Crippen LogP contribution in [0.3, 0.4) is 0 Å². The predicted molar refractivity (Wildman–Crippen MR) is 85.7 cm³/mol. The molecule has 1 saturated heterocycles. The van der Waals surface area contributed by atoms with E-state index in [1.807, 2.05) is 0 Å². The Bertz CT molecular complexity index is 591. The highest BCUT2D eigenvalue weighted by molar-refractivity contribution is 7.88. The molecular formula is C15H24N2O3S. The number of nitrogens with zero attached hydrogens (tertiary/aromatic N) is 2. The molecule has 0 aromatic heterocycles. The van der Waals surface area contributed by atoms with Crippen molar-refractivity contribution in [3.8, 4) is 5.75 Å². The highest BCUT2D eigenvalue weighted by Crippen LogP contribution is 2.32. The molecule has 1 fully saturated rings. The maximum atomic E-state index is 11.6. The summed E-state index contributed by atoms with van der Waals surface area (Å²) < 4.78 is 30.1. The van der Waals surface area contributed by atoms with Crippen LogP contribution in [0.5, 0.6) is 5.75 Å². The standard InChI is InChI=1S/C15H24N2O3S/c1-12(2)13-5-6-14(15(11-13)20-3)16-7-9-17(10-8-16)21(4,18)19/h5-6,11-12H,7-10H2,1-4H3. The molecule has 2 rings (SSSR count). The van der Waals surface area contributed by atoms with Gasteiger partial charge in [-0.05, 0) is 23.6 Å². The van der Waals surface area contributed by atoms with Crippen LogP contribution in [0.1, 0.15) is 25.3 Å². The van der Waals surface area contributed by atoms with E-state index in [1.165, 1.54) is 16.1 Å². The van der Waals surface area contributed by atoms with Crippen molar-refractivity contribution in [1.29, 1.82) is 0 Å². The van der Waals surface area contributed by atoms with Gasteiger partial charge in [-0.2, -0.15) is 4.31 Å². The first kappa shape index (κ1) is 16.1. The maximum absolute atomic E-state index is 11.6. The van der Waals surface area contributed by atoms with Crippen molar-refractivity contribution in [2.24, 2.45) is 0 Å². The third kappa shape index (κ3) is 3.68. The van der Waals surface area contributed by atoms with Crippen molar-refractivity contribution in [2.45, 2.75) is 19.8 Å². The molecule has 1 aromatic rings. The van der Waals surface area contributed by atoms with Crippen LogP contribution in [0.4, 0.5) is 5.69 Å². The summed E-state index contributed by atoms with van der Waals surface area (Å²) in [6.07, 6.45) is 1.26. The normalized spacial score (nSPS) is 17.3. The Morgan fingerprint density at radius 3 is 2.24 bits per heavy atom. The Morgan fingerprint density at radius 2 is 1.76 bits per heavy atom. The van der Waals surface area contributed by atoms with E-state index in [-0.39, 0.29) is 0 Å². The van der Waals surface area contributed by atoms with E-state index < -0.39 is 10.0 Å². The molecule has 0 atom stereocenters. The molecule has 5 nitrogen and oxygen atoms in total. The number of piperazine rings is 1. The fraction of sp³-hybridized carbons (Fsp3) is 0.600. The third-order valence-corrected chi connectivity index (χ3v) is 5.22. The van der Waals surface area contributed by atoms with E-state index in [0.29, 0.717) is 32.1 Å². The first-order valence-corrected chi connectivity index (χ1v) is 9.05. The number of ether oxygens (including phenoxy) is 1. The Balaban J connectivity index is 2.17. The largest absolute Gasteiger partial charge is 0.495 e. The first-order chi connectivity index (χ1) is 9.82. The van der Waals surface area contributed by atoms with Crippen LogP contribution in [0.2, 0.25) is 0 Å². The number of benzene rings is 1. The monoisotopic (exact) mass is 312 g/mol. The second kappa shape index (κ2) is 6.23. The number of sulfonamides is 1. The van der Waals surface area contributed by atoms with E-state index in [0.717, 1.165) is 11.4 Å². The Kier molecular flexibility index (Phi) is 4.78. The van der Waals surface area contributed by atoms with Crippen LogP contribution >= 0.6 is 0 Å². The van der Waals surface area contributed by atoms with Crippen LogP contribution in [-0.4, -0.2) is 52.3 Å². The van der Waals surface area contributed by atoms with E-state index in [4.69, 9.17) is 4.74 Å². The quantitative estimate of drug-likeness (QED) is 0.852. The average molecular weight is 312 g/mol. The molecule has 1 aliphatic rings. The molecule has 118 valence electrons. The Morgan fingerprint density at radius 1 is 1.14 bits per heavy atom. The summed E-state index contributed by atoms with van der Waals surface area (Å²) in [6.45, 7) is 6.72.